The quantitative estimate of drug-likeness (QED) is 0.452. The van der Waals surface area contributed by atoms with Gasteiger partial charge in [-0.3, -0.25) is 19.7 Å². The molecule has 2 aromatic carbocycles. The van der Waals surface area contributed by atoms with Gasteiger partial charge in [-0.2, -0.15) is 5.10 Å². The van der Waals surface area contributed by atoms with Crippen molar-refractivity contribution in [2.45, 2.75) is 19.8 Å². The van der Waals surface area contributed by atoms with Crippen molar-refractivity contribution in [3.63, 3.8) is 0 Å². The number of nitrogens with one attached hydrogen (secondary N) is 2. The fraction of sp³-hybridized carbons (Fsp3) is 0.167. The summed E-state index contributed by atoms with van der Waals surface area (Å²) in [5.74, 6) is -0.656. The minimum atomic E-state index is -0.488. The first-order chi connectivity index (χ1) is 12.5. The van der Waals surface area contributed by atoms with Crippen molar-refractivity contribution in [2.24, 2.45) is 5.10 Å². The summed E-state index contributed by atoms with van der Waals surface area (Å²) in [7, 11) is 0. The molecule has 0 unspecified atom stereocenters. The number of carbonyl (C=O) groups excluding carboxylic acids is 2. The van der Waals surface area contributed by atoms with E-state index in [1.165, 1.54) is 12.1 Å². The van der Waals surface area contributed by atoms with Gasteiger partial charge in [0.05, 0.1) is 10.6 Å². The Morgan fingerprint density at radius 2 is 1.62 bits per heavy atom. The second-order valence-corrected chi connectivity index (χ2v) is 5.45. The van der Waals surface area contributed by atoms with Crippen LogP contribution in [0, 0.1) is 10.1 Å². The zero-order chi connectivity index (χ0) is 18.9. The highest BCUT2D eigenvalue weighted by Crippen LogP contribution is 2.12. The zero-order valence-corrected chi connectivity index (χ0v) is 14.1. The van der Waals surface area contributed by atoms with Crippen molar-refractivity contribution in [3.8, 4) is 0 Å². The van der Waals surface area contributed by atoms with E-state index in [0.717, 1.165) is 0 Å². The van der Waals surface area contributed by atoms with Gasteiger partial charge >= 0.3 is 0 Å². The molecule has 8 heteroatoms. The number of benzene rings is 2. The number of nitrogens with zero attached hydrogens (tertiary/aromatic N) is 2. The summed E-state index contributed by atoms with van der Waals surface area (Å²) >= 11 is 0. The monoisotopic (exact) mass is 354 g/mol. The molecule has 2 amide bonds. The van der Waals surface area contributed by atoms with Crippen LogP contribution in [0.2, 0.25) is 0 Å². The molecule has 0 aliphatic heterocycles. The van der Waals surface area contributed by atoms with Crippen LogP contribution in [0.4, 0.5) is 11.4 Å². The van der Waals surface area contributed by atoms with Crippen LogP contribution in [0.15, 0.2) is 59.7 Å². The first-order valence-corrected chi connectivity index (χ1v) is 7.88. The summed E-state index contributed by atoms with van der Waals surface area (Å²) in [5, 5.41) is 17.3. The molecule has 0 aromatic heterocycles. The van der Waals surface area contributed by atoms with Crippen LogP contribution in [-0.4, -0.2) is 22.4 Å². The SMILES string of the molecule is CC(=NNC(=O)CCC(=O)Nc1ccccc1)c1ccc([N+](=O)[O-])cc1. The number of anilines is 1. The van der Waals surface area contributed by atoms with Crippen LogP contribution < -0.4 is 10.7 Å². The fourth-order valence-corrected chi connectivity index (χ4v) is 2.06. The Morgan fingerprint density at radius 3 is 2.23 bits per heavy atom. The molecule has 0 aliphatic rings. The van der Waals surface area contributed by atoms with Gasteiger partial charge in [-0.05, 0) is 36.8 Å². The summed E-state index contributed by atoms with van der Waals surface area (Å²) in [6, 6.07) is 14.8. The zero-order valence-electron chi connectivity index (χ0n) is 14.1. The first kappa shape index (κ1) is 18.8. The van der Waals surface area contributed by atoms with Gasteiger partial charge in [-0.25, -0.2) is 5.43 Å². The number of nitro benzene ring substituents is 1. The molecule has 0 bridgehead atoms. The minimum Gasteiger partial charge on any atom is -0.326 e. The van der Waals surface area contributed by atoms with Gasteiger partial charge in [-0.15, -0.1) is 0 Å². The molecule has 2 rings (SSSR count). The van der Waals surface area contributed by atoms with Gasteiger partial charge in [0.1, 0.15) is 0 Å². The maximum atomic E-state index is 11.8. The van der Waals surface area contributed by atoms with Crippen LogP contribution >= 0.6 is 0 Å². The Bertz CT molecular complexity index is 817. The molecule has 134 valence electrons. The van der Waals surface area contributed by atoms with Crippen LogP contribution in [0.1, 0.15) is 25.3 Å². The second-order valence-electron chi connectivity index (χ2n) is 5.45. The molecule has 0 radical (unpaired) electrons. The maximum absolute atomic E-state index is 11.8. The third-order valence-corrected chi connectivity index (χ3v) is 3.48. The lowest BCUT2D eigenvalue weighted by Gasteiger charge is -2.05. The number of non-ortho nitro benzene ring substituents is 1. The van der Waals surface area contributed by atoms with E-state index in [1.807, 2.05) is 6.07 Å². The molecule has 2 N–H and O–H groups in total. The largest absolute Gasteiger partial charge is 0.326 e. The summed E-state index contributed by atoms with van der Waals surface area (Å²) in [6.07, 6.45) is 0.0303. The number of para-hydroxylation sites is 1. The van der Waals surface area contributed by atoms with Gasteiger partial charge in [0.25, 0.3) is 5.69 Å². The highest BCUT2D eigenvalue weighted by atomic mass is 16.6. The number of rotatable bonds is 7. The van der Waals surface area contributed by atoms with Crippen LogP contribution in [0.25, 0.3) is 0 Å². The summed E-state index contributed by atoms with van der Waals surface area (Å²) in [4.78, 5) is 33.7. The number of hydrogen-bond acceptors (Lipinski definition) is 5. The molecule has 0 heterocycles. The van der Waals surface area contributed by atoms with Gasteiger partial charge in [0, 0.05) is 30.7 Å². The van der Waals surface area contributed by atoms with E-state index in [-0.39, 0.29) is 24.4 Å². The van der Waals surface area contributed by atoms with Crippen molar-refractivity contribution in [3.05, 3.63) is 70.3 Å². The van der Waals surface area contributed by atoms with Crippen molar-refractivity contribution < 1.29 is 14.5 Å². The maximum Gasteiger partial charge on any atom is 0.269 e. The number of hydrazone groups is 1. The Hall–Kier alpha value is -3.55. The third kappa shape index (κ3) is 5.82. The van der Waals surface area contributed by atoms with E-state index in [0.29, 0.717) is 17.0 Å². The van der Waals surface area contributed by atoms with Gasteiger partial charge in [0.2, 0.25) is 11.8 Å². The normalized spacial score (nSPS) is 10.9. The van der Waals surface area contributed by atoms with E-state index < -0.39 is 10.8 Å². The van der Waals surface area contributed by atoms with Crippen LogP contribution in [0.3, 0.4) is 0 Å². The number of nitro groups is 1. The van der Waals surface area contributed by atoms with Crippen LogP contribution in [0.5, 0.6) is 0 Å². The van der Waals surface area contributed by atoms with Gasteiger partial charge < -0.3 is 5.32 Å². The van der Waals surface area contributed by atoms with Crippen molar-refractivity contribution in [2.75, 3.05) is 5.32 Å². The standard InChI is InChI=1S/C18H18N4O4/c1-13(14-7-9-16(10-8-14)22(25)26)20-21-18(24)12-11-17(23)19-15-5-3-2-4-6-15/h2-10H,11-12H2,1H3,(H,19,23)(H,21,24). The Morgan fingerprint density at radius 1 is 1.00 bits per heavy atom. The average Bonchev–Trinajstić information content (AvgIpc) is 2.65. The minimum absolute atomic E-state index is 0.00426. The lowest BCUT2D eigenvalue weighted by atomic mass is 10.1. The summed E-state index contributed by atoms with van der Waals surface area (Å²) < 4.78 is 0. The highest BCUT2D eigenvalue weighted by Gasteiger charge is 2.08. The van der Waals surface area contributed by atoms with Crippen molar-refractivity contribution >= 4 is 28.9 Å². The summed E-state index contributed by atoms with van der Waals surface area (Å²) in [5.41, 5.74) is 4.18. The second kappa shape index (κ2) is 9.07. The molecule has 0 spiro atoms. The third-order valence-electron chi connectivity index (χ3n) is 3.48. The smallest absolute Gasteiger partial charge is 0.269 e. The lowest BCUT2D eigenvalue weighted by Crippen LogP contribution is -2.21. The molecule has 8 nitrogen and oxygen atoms in total. The van der Waals surface area contributed by atoms with Crippen molar-refractivity contribution in [1.29, 1.82) is 0 Å². The molecule has 0 saturated carbocycles. The topological polar surface area (TPSA) is 114 Å². The van der Waals surface area contributed by atoms with Gasteiger partial charge in [-0.1, -0.05) is 18.2 Å². The van der Waals surface area contributed by atoms with Crippen LogP contribution in [-0.2, 0) is 9.59 Å². The Labute approximate surface area is 150 Å². The fourth-order valence-electron chi connectivity index (χ4n) is 2.06. The predicted octanol–water partition coefficient (Wildman–Crippen LogP) is 2.85. The molecule has 0 fully saturated rings. The number of amides is 2. The predicted molar refractivity (Wildman–Crippen MR) is 97.8 cm³/mol. The van der Waals surface area contributed by atoms with E-state index in [2.05, 4.69) is 15.8 Å². The molecular formula is C18H18N4O4. The van der Waals surface area contributed by atoms with E-state index in [4.69, 9.17) is 0 Å². The van der Waals surface area contributed by atoms with E-state index >= 15 is 0 Å². The molecule has 2 aromatic rings. The number of hydrogen-bond donors (Lipinski definition) is 2. The molecule has 0 atom stereocenters. The Kier molecular flexibility index (Phi) is 6.55. The lowest BCUT2D eigenvalue weighted by molar-refractivity contribution is -0.384. The molecular weight excluding hydrogens is 336 g/mol. The van der Waals surface area contributed by atoms with Gasteiger partial charge in [0.15, 0.2) is 0 Å². The molecule has 0 aliphatic carbocycles. The number of carbonyl (C=O) groups is 2. The molecule has 0 saturated heterocycles. The highest BCUT2D eigenvalue weighted by molar-refractivity contribution is 5.99. The average molecular weight is 354 g/mol. The summed E-state index contributed by atoms with van der Waals surface area (Å²) in [6.45, 7) is 1.67. The van der Waals surface area contributed by atoms with Crippen molar-refractivity contribution in [1.82, 2.24) is 5.43 Å². The first-order valence-electron chi connectivity index (χ1n) is 7.88. The van der Waals surface area contributed by atoms with E-state index in [9.17, 15) is 19.7 Å². The Balaban J connectivity index is 1.80. The van der Waals surface area contributed by atoms with E-state index in [1.54, 1.807) is 43.3 Å². The molecule has 26 heavy (non-hydrogen) atoms.